The van der Waals surface area contributed by atoms with Gasteiger partial charge in [0.1, 0.15) is 5.84 Å². The van der Waals surface area contributed by atoms with Gasteiger partial charge < -0.3 is 25.7 Å². The lowest BCUT2D eigenvalue weighted by molar-refractivity contribution is -0.192. The highest BCUT2D eigenvalue weighted by atomic mass is 32.2. The number of halogens is 3. The van der Waals surface area contributed by atoms with Crippen LogP contribution in [0.1, 0.15) is 29.5 Å². The number of nitrogens with two attached hydrogens (primary N) is 2. The second-order valence-electron chi connectivity index (χ2n) is 9.88. The van der Waals surface area contributed by atoms with Gasteiger partial charge in [-0.15, -0.1) is 0 Å². The molecule has 0 radical (unpaired) electrons. The van der Waals surface area contributed by atoms with Gasteiger partial charge in [-0.25, -0.2) is 18.4 Å². The van der Waals surface area contributed by atoms with Crippen LogP contribution >= 0.6 is 0 Å². The molecule has 46 heavy (non-hydrogen) atoms. The summed E-state index contributed by atoms with van der Waals surface area (Å²) in [5.74, 6) is -4.16. The van der Waals surface area contributed by atoms with E-state index in [4.69, 9.17) is 35.8 Å². The average molecular weight is 664 g/mol. The lowest BCUT2D eigenvalue weighted by Crippen LogP contribution is -2.45. The van der Waals surface area contributed by atoms with E-state index in [1.165, 1.54) is 13.2 Å². The van der Waals surface area contributed by atoms with E-state index in [-0.39, 0.29) is 17.2 Å². The van der Waals surface area contributed by atoms with Crippen molar-refractivity contribution in [1.29, 1.82) is 5.41 Å². The highest BCUT2D eigenvalue weighted by Crippen LogP contribution is 2.34. The zero-order chi connectivity index (χ0) is 34.4. The summed E-state index contributed by atoms with van der Waals surface area (Å²) in [6.07, 6.45) is -5.51. The molecule has 1 unspecified atom stereocenters. The number of nitrogens with one attached hydrogen (secondary N) is 2. The first-order chi connectivity index (χ1) is 21.4. The third-order valence-electron chi connectivity index (χ3n) is 6.58. The number of sulfonamides is 1. The van der Waals surface area contributed by atoms with E-state index in [1.54, 1.807) is 67.6 Å². The Labute approximate surface area is 260 Å². The Morgan fingerprint density at radius 2 is 1.74 bits per heavy atom. The summed E-state index contributed by atoms with van der Waals surface area (Å²) in [6.45, 7) is 1.75. The van der Waals surface area contributed by atoms with Crippen LogP contribution in [-0.4, -0.2) is 61.8 Å². The van der Waals surface area contributed by atoms with Gasteiger partial charge in [-0.3, -0.25) is 15.0 Å². The number of alkyl halides is 3. The number of carboxylic acids is 1. The van der Waals surface area contributed by atoms with Crippen molar-refractivity contribution in [3.05, 3.63) is 83.4 Å². The Morgan fingerprint density at radius 1 is 1.09 bits per heavy atom. The summed E-state index contributed by atoms with van der Waals surface area (Å²) in [5, 5.41) is 27.1. The Bertz CT molecular complexity index is 1830. The quantitative estimate of drug-likeness (QED) is 0.135. The summed E-state index contributed by atoms with van der Waals surface area (Å²) in [5.41, 5.74) is 7.46. The van der Waals surface area contributed by atoms with Gasteiger partial charge in [0.05, 0.1) is 24.1 Å². The smallest absolute Gasteiger partial charge is 0.475 e. The fourth-order valence-electron chi connectivity index (χ4n) is 4.26. The number of oxime groups is 1. The summed E-state index contributed by atoms with van der Waals surface area (Å²) in [6, 6.07) is 18.1. The van der Waals surface area contributed by atoms with Gasteiger partial charge in [0.2, 0.25) is 15.6 Å². The third-order valence-corrected chi connectivity index (χ3v) is 7.55. The molecular weight excluding hydrogens is 635 g/mol. The van der Waals surface area contributed by atoms with Crippen molar-refractivity contribution < 1.29 is 50.7 Å². The van der Waals surface area contributed by atoms with Crippen LogP contribution in [0.15, 0.2) is 76.8 Å². The van der Waals surface area contributed by atoms with Crippen molar-refractivity contribution in [3.63, 3.8) is 0 Å². The Kier molecular flexibility index (Phi) is 10.5. The van der Waals surface area contributed by atoms with E-state index in [0.29, 0.717) is 39.2 Å². The largest absolute Gasteiger partial charge is 0.490 e. The predicted octanol–water partition coefficient (Wildman–Crippen LogP) is 3.29. The zero-order valence-electron chi connectivity index (χ0n) is 24.2. The van der Waals surface area contributed by atoms with Crippen molar-refractivity contribution in [1.82, 2.24) is 0 Å². The maximum Gasteiger partial charge on any atom is 0.490 e. The van der Waals surface area contributed by atoms with Crippen LogP contribution in [0.25, 0.3) is 11.1 Å². The first-order valence-electron chi connectivity index (χ1n) is 13.0. The van der Waals surface area contributed by atoms with E-state index in [2.05, 4.69) is 10.5 Å². The zero-order valence-corrected chi connectivity index (χ0v) is 25.0. The second-order valence-corrected chi connectivity index (χ2v) is 11.4. The van der Waals surface area contributed by atoms with Crippen LogP contribution in [-0.2, 0) is 34.0 Å². The fourth-order valence-corrected chi connectivity index (χ4v) is 5.02. The molecule has 1 atom stereocenters. The molecule has 0 spiro atoms. The molecule has 0 aromatic heterocycles. The number of carboxylic acid groups (broad SMARTS) is 1. The Morgan fingerprint density at radius 3 is 2.30 bits per heavy atom. The van der Waals surface area contributed by atoms with Crippen LogP contribution in [0.4, 0.5) is 18.9 Å². The van der Waals surface area contributed by atoms with Gasteiger partial charge in [0, 0.05) is 28.8 Å². The topological polar surface area (TPSA) is 224 Å². The molecule has 3 aromatic carbocycles. The van der Waals surface area contributed by atoms with Gasteiger partial charge in [0.15, 0.2) is 0 Å². The first kappa shape index (κ1) is 35.2. The number of carbonyl (C=O) groups is 3. The number of ether oxygens (including phenoxy) is 1. The standard InChI is InChI=1S/C27H27N5O6S.C2HF3O2/c1-16-12-17(20-8-3-4-9-23(20)39(30,35)36)10-11-21(16)31-26(34)27(15-24(33)37-2)14-22(32-38-27)18-6-5-7-19(13-18)25(28)29;3-2(4,5)1(6)7/h3-13H,14-15H2,1-2H3,(H3,28,29)(H,31,34)(H2,30,35,36);(H,6,7). The van der Waals surface area contributed by atoms with Crippen molar-refractivity contribution >= 4 is 45.1 Å². The number of methoxy groups -OCH3 is 1. The first-order valence-corrected chi connectivity index (χ1v) is 14.5. The minimum absolute atomic E-state index is 0.0175. The number of hydrogen-bond acceptors (Lipinski definition) is 9. The third kappa shape index (κ3) is 8.45. The van der Waals surface area contributed by atoms with Crippen molar-refractivity contribution in [2.45, 2.75) is 36.4 Å². The molecule has 0 saturated heterocycles. The fraction of sp³-hybridized carbons (Fsp3) is 0.207. The van der Waals surface area contributed by atoms with E-state index < -0.39 is 46.1 Å². The SMILES string of the molecule is COC(=O)CC1(C(=O)Nc2ccc(-c3ccccc3S(N)(=O)=O)cc2C)CC(c2cccc(C(=N)N)c2)=NO1.O=C(O)C(F)(F)F. The summed E-state index contributed by atoms with van der Waals surface area (Å²) in [7, 11) is -2.74. The Balaban J connectivity index is 0.000000738. The number of carbonyl (C=O) groups excluding carboxylic acids is 2. The van der Waals surface area contributed by atoms with Crippen LogP contribution in [0, 0.1) is 12.3 Å². The molecule has 1 heterocycles. The number of hydrogen-bond donors (Lipinski definition) is 5. The lowest BCUT2D eigenvalue weighted by Gasteiger charge is -2.25. The molecule has 0 fully saturated rings. The number of nitrogens with zero attached hydrogens (tertiary/aromatic N) is 1. The highest BCUT2D eigenvalue weighted by Gasteiger charge is 2.49. The number of nitrogen functional groups attached to an aromatic ring is 1. The van der Waals surface area contributed by atoms with Crippen molar-refractivity contribution in [3.8, 4) is 11.1 Å². The van der Waals surface area contributed by atoms with E-state index in [9.17, 15) is 31.2 Å². The molecule has 1 aliphatic rings. The normalized spacial score (nSPS) is 15.8. The minimum Gasteiger partial charge on any atom is -0.475 e. The number of aliphatic carboxylic acids is 1. The number of amidine groups is 1. The minimum atomic E-state index is -5.08. The number of primary sulfonamides is 1. The van der Waals surface area contributed by atoms with E-state index in [0.717, 1.165) is 0 Å². The predicted molar refractivity (Wildman–Crippen MR) is 159 cm³/mol. The number of anilines is 1. The molecule has 1 amide bonds. The van der Waals surface area contributed by atoms with E-state index >= 15 is 0 Å². The van der Waals surface area contributed by atoms with E-state index in [1.807, 2.05) is 0 Å². The van der Waals surface area contributed by atoms with Gasteiger partial charge in [0.25, 0.3) is 5.91 Å². The number of aryl methyl sites for hydroxylation is 1. The van der Waals surface area contributed by atoms with Crippen molar-refractivity contribution in [2.24, 2.45) is 16.0 Å². The summed E-state index contributed by atoms with van der Waals surface area (Å²) < 4.78 is 60.6. The molecule has 17 heteroatoms. The molecule has 0 bridgehead atoms. The van der Waals surface area contributed by atoms with Crippen LogP contribution in [0.5, 0.6) is 0 Å². The molecule has 3 aromatic rings. The van der Waals surface area contributed by atoms with Gasteiger partial charge in [-0.1, -0.05) is 47.6 Å². The Hall–Kier alpha value is -5.29. The number of esters is 1. The molecule has 0 saturated carbocycles. The van der Waals surface area contributed by atoms with Gasteiger partial charge in [-0.2, -0.15) is 13.2 Å². The van der Waals surface area contributed by atoms with Crippen LogP contribution in [0.3, 0.4) is 0 Å². The maximum absolute atomic E-state index is 13.6. The highest BCUT2D eigenvalue weighted by molar-refractivity contribution is 7.89. The summed E-state index contributed by atoms with van der Waals surface area (Å²) in [4.78, 5) is 40.3. The molecule has 1 aliphatic heterocycles. The monoisotopic (exact) mass is 663 g/mol. The lowest BCUT2D eigenvalue weighted by atomic mass is 9.89. The number of benzene rings is 3. The number of amides is 1. The molecule has 7 N–H and O–H groups in total. The second kappa shape index (κ2) is 13.8. The van der Waals surface area contributed by atoms with Gasteiger partial charge >= 0.3 is 18.1 Å². The molecular formula is C29H28F3N5O8S. The summed E-state index contributed by atoms with van der Waals surface area (Å²) >= 11 is 0. The molecule has 0 aliphatic carbocycles. The molecule has 244 valence electrons. The average Bonchev–Trinajstić information content (AvgIpc) is 3.42. The van der Waals surface area contributed by atoms with Crippen LogP contribution in [0.2, 0.25) is 0 Å². The molecule has 4 rings (SSSR count). The van der Waals surface area contributed by atoms with Gasteiger partial charge in [-0.05, 0) is 42.3 Å². The maximum atomic E-state index is 13.6. The number of rotatable bonds is 8. The van der Waals surface area contributed by atoms with Crippen LogP contribution < -0.4 is 16.2 Å². The van der Waals surface area contributed by atoms with Crippen molar-refractivity contribution in [2.75, 3.05) is 12.4 Å². The molecule has 13 nitrogen and oxygen atoms in total.